The van der Waals surface area contributed by atoms with Gasteiger partial charge in [0, 0.05) is 29.4 Å². The van der Waals surface area contributed by atoms with E-state index < -0.39 is 113 Å². The Morgan fingerprint density at radius 1 is 0.864 bits per heavy atom. The van der Waals surface area contributed by atoms with E-state index in [2.05, 4.69) is 0 Å². The number of benzene rings is 2. The first kappa shape index (κ1) is 39.6. The lowest BCUT2D eigenvalue weighted by atomic mass is 9.49. The largest absolute Gasteiger partial charge is 0.456 e. The van der Waals surface area contributed by atoms with Crippen LogP contribution in [0.15, 0.2) is 85.0 Å². The van der Waals surface area contributed by atoms with Crippen molar-refractivity contribution in [1.82, 2.24) is 0 Å². The summed E-state index contributed by atoms with van der Waals surface area (Å²) in [5.74, 6) is -6.38. The Bertz CT molecular complexity index is 2030. The molecule has 2 aromatic carbocycles. The summed E-state index contributed by atoms with van der Waals surface area (Å²) in [7, 11) is 0. The Labute approximate surface area is 342 Å². The van der Waals surface area contributed by atoms with Crippen LogP contribution >= 0.6 is 0 Å². The first-order valence-electron chi connectivity index (χ1n) is 21.2. The first-order valence-corrected chi connectivity index (χ1v) is 21.2. The second-order valence-corrected chi connectivity index (χ2v) is 18.9. The summed E-state index contributed by atoms with van der Waals surface area (Å²) < 4.78 is 39.5. The molecule has 0 amide bonds. The summed E-state index contributed by atoms with van der Waals surface area (Å²) in [4.78, 5) is 27.0. The summed E-state index contributed by atoms with van der Waals surface area (Å²) in [5.41, 5.74) is -8.37. The smallest absolute Gasteiger partial charge is 0.338 e. The van der Waals surface area contributed by atoms with Gasteiger partial charge in [0.1, 0.15) is 53.4 Å². The van der Waals surface area contributed by atoms with Crippen LogP contribution in [0.1, 0.15) is 75.2 Å². The van der Waals surface area contributed by atoms with E-state index in [0.717, 1.165) is 0 Å². The Morgan fingerprint density at radius 3 is 2.24 bits per heavy atom. The molecule has 10 bridgehead atoms. The van der Waals surface area contributed by atoms with Gasteiger partial charge in [-0.25, -0.2) is 9.59 Å². The molecule has 4 saturated heterocycles. The molecule has 6 heterocycles. The fourth-order valence-corrected chi connectivity index (χ4v) is 13.0. The molecule has 6 aliphatic heterocycles. The molecule has 4 saturated carbocycles. The van der Waals surface area contributed by atoms with E-state index >= 15 is 0 Å². The Balaban J connectivity index is 1.11. The topological polar surface area (TPSA) is 194 Å². The number of fused-ring (bicyclic) bond motifs is 8. The van der Waals surface area contributed by atoms with Gasteiger partial charge in [-0.3, -0.25) is 0 Å². The van der Waals surface area contributed by atoms with Crippen LogP contribution in [0.2, 0.25) is 0 Å². The van der Waals surface area contributed by atoms with Gasteiger partial charge in [-0.2, -0.15) is 0 Å². The molecular weight excluding hydrogens is 760 g/mol. The molecule has 10 aliphatic rings. The molecule has 13 nitrogen and oxygen atoms in total. The Kier molecular flexibility index (Phi) is 9.07. The summed E-state index contributed by atoms with van der Waals surface area (Å²) in [6.45, 7) is 4.62. The van der Waals surface area contributed by atoms with Crippen molar-refractivity contribution in [3.05, 3.63) is 96.1 Å². The minimum absolute atomic E-state index is 0.0352. The zero-order valence-electron chi connectivity index (χ0n) is 33.5. The lowest BCUT2D eigenvalue weighted by Crippen LogP contribution is -2.89. The van der Waals surface area contributed by atoms with Crippen molar-refractivity contribution in [1.29, 1.82) is 0 Å². The maximum atomic E-state index is 13.7. The number of carbonyl (C=O) groups is 2. The molecule has 0 aromatic heterocycles. The molecule has 1 spiro atoms. The third-order valence-electron chi connectivity index (χ3n) is 15.9. The number of hydrogen-bond donors (Lipinski definition) is 5. The molecule has 59 heavy (non-hydrogen) atoms. The number of allylic oxidation sites excluding steroid dienone is 2. The van der Waals surface area contributed by atoms with Gasteiger partial charge in [-0.05, 0) is 81.4 Å². The third-order valence-corrected chi connectivity index (χ3v) is 15.9. The van der Waals surface area contributed by atoms with Crippen LogP contribution in [-0.4, -0.2) is 109 Å². The Morgan fingerprint density at radius 2 is 1.54 bits per heavy atom. The van der Waals surface area contributed by atoms with Gasteiger partial charge >= 0.3 is 17.9 Å². The molecule has 4 aliphatic carbocycles. The van der Waals surface area contributed by atoms with Crippen LogP contribution in [0, 0.1) is 35.5 Å². The highest BCUT2D eigenvalue weighted by atomic mass is 16.9. The summed E-state index contributed by atoms with van der Waals surface area (Å²) in [5, 5.41) is 63.2. The quantitative estimate of drug-likeness (QED) is 0.223. The van der Waals surface area contributed by atoms with Gasteiger partial charge in [0.2, 0.25) is 0 Å². The monoisotopic (exact) mass is 814 g/mol. The molecule has 5 N–H and O–H groups in total. The highest BCUT2D eigenvalue weighted by Gasteiger charge is 2.91. The number of ether oxygens (including phenoxy) is 6. The number of carbonyl (C=O) groups excluding carboxylic acids is 2. The van der Waals surface area contributed by atoms with Crippen molar-refractivity contribution >= 4 is 11.9 Å². The normalized spacial score (nSPS) is 51.7. The summed E-state index contributed by atoms with van der Waals surface area (Å²) in [6, 6.07) is 17.8. The Hall–Kier alpha value is -3.50. The maximum absolute atomic E-state index is 13.7. The molecule has 12 rings (SSSR count). The summed E-state index contributed by atoms with van der Waals surface area (Å²) >= 11 is 0. The zero-order valence-corrected chi connectivity index (χ0v) is 33.5. The fraction of sp³-hybridized carbons (Fsp3) is 0.609. The number of rotatable bonds is 4. The van der Waals surface area contributed by atoms with Gasteiger partial charge in [-0.15, -0.1) is 0 Å². The van der Waals surface area contributed by atoms with Crippen LogP contribution in [0.4, 0.5) is 0 Å². The van der Waals surface area contributed by atoms with Crippen molar-refractivity contribution in [3.63, 3.8) is 0 Å². The molecule has 0 unspecified atom stereocenters. The average molecular weight is 815 g/mol. The maximum Gasteiger partial charge on any atom is 0.338 e. The first-order chi connectivity index (χ1) is 28.2. The van der Waals surface area contributed by atoms with Crippen molar-refractivity contribution < 1.29 is 63.5 Å². The number of hydrogen-bond acceptors (Lipinski definition) is 13. The highest BCUT2D eigenvalue weighted by Crippen LogP contribution is 2.75. The summed E-state index contributed by atoms with van der Waals surface area (Å²) in [6.07, 6.45) is 2.22. The number of esters is 2. The predicted octanol–water partition coefficient (Wildman–Crippen LogP) is 3.45. The van der Waals surface area contributed by atoms with Crippen LogP contribution < -0.4 is 0 Å². The van der Waals surface area contributed by atoms with Gasteiger partial charge in [0.15, 0.2) is 0 Å². The number of aliphatic hydroxyl groups excluding tert-OH is 2. The van der Waals surface area contributed by atoms with E-state index in [0.29, 0.717) is 36.8 Å². The predicted molar refractivity (Wildman–Crippen MR) is 207 cm³/mol. The molecule has 316 valence electrons. The molecule has 0 radical (unpaired) electrons. The lowest BCUT2D eigenvalue weighted by Gasteiger charge is -2.74. The second kappa shape index (κ2) is 13.5. The van der Waals surface area contributed by atoms with E-state index in [1.807, 2.05) is 38.1 Å². The molecule has 13 heteroatoms. The SMILES string of the molecule is C[C@@H]1[C@@H]2O[C@@]3(c4ccccc4)O[C@@H]4[C@@H]5[C@@H]6O[C@]6(CO)[C@@H](O)[C@@]6(O)[C@@H](C[C@H](C)[C@@H]6OC(=O)/C=C/C=C\[C@H](OC(=O)c6ccccc6)C6CCC(CC6)C[C@@](C)(O)[C@@]42O)[C@]51O3. The van der Waals surface area contributed by atoms with Crippen molar-refractivity contribution in [2.24, 2.45) is 35.5 Å². The van der Waals surface area contributed by atoms with Crippen molar-refractivity contribution in [3.8, 4) is 0 Å². The fourth-order valence-electron chi connectivity index (χ4n) is 13.0. The van der Waals surface area contributed by atoms with Gasteiger partial charge in [0.25, 0.3) is 0 Å². The van der Waals surface area contributed by atoms with Crippen molar-refractivity contribution in [2.45, 2.75) is 130 Å². The van der Waals surface area contributed by atoms with Crippen LogP contribution in [0.3, 0.4) is 0 Å². The second-order valence-electron chi connectivity index (χ2n) is 18.9. The molecule has 2 aromatic rings. The highest BCUT2D eigenvalue weighted by molar-refractivity contribution is 5.89. The molecule has 8 fully saturated rings. The number of aliphatic hydroxyl groups is 5. The van der Waals surface area contributed by atoms with E-state index in [9.17, 15) is 35.1 Å². The van der Waals surface area contributed by atoms with Gasteiger partial charge < -0.3 is 54.0 Å². The zero-order chi connectivity index (χ0) is 41.3. The van der Waals surface area contributed by atoms with Gasteiger partial charge in [-0.1, -0.05) is 74.5 Å². The van der Waals surface area contributed by atoms with Crippen molar-refractivity contribution in [2.75, 3.05) is 6.61 Å². The molecular formula is C46H54O13. The van der Waals surface area contributed by atoms with E-state index in [4.69, 9.17) is 28.4 Å². The molecule has 16 atom stereocenters. The number of epoxide rings is 1. The van der Waals surface area contributed by atoms with E-state index in [1.54, 1.807) is 55.5 Å². The van der Waals surface area contributed by atoms with Crippen LogP contribution in [0.25, 0.3) is 0 Å². The lowest BCUT2D eigenvalue weighted by molar-refractivity contribution is -0.595. The standard InChI is InChI=1S/C46H54O13/c1-25-22-32-43(52)35(25)55-33(48)17-11-10-16-31(54-39(49)29-12-6-4-7-13-29)28-20-18-27(19-21-28)23-41(3,51)45(53)36-26(2)44(32)34(37-42(24-47,56-37)40(43)50)38(45)58-46(57-36,59-44)30-14-8-5-9-15-30/h4-17,25-28,31-32,34-38,40,47,50-53H,18-24H2,1-3H3/b16-10-,17-11+/t25-,26+,27?,28?,31-,32+,34-,35-,36-,37-,38+,40+,41+,42-,43+,44-,45-,46-/m0/s1. The van der Waals surface area contributed by atoms with E-state index in [-0.39, 0.29) is 24.7 Å². The third kappa shape index (κ3) is 5.35. The minimum atomic E-state index is -2.22. The average Bonchev–Trinajstić information content (AvgIpc) is 3.92. The van der Waals surface area contributed by atoms with E-state index in [1.165, 1.54) is 12.2 Å². The van der Waals surface area contributed by atoms with Crippen LogP contribution in [0.5, 0.6) is 0 Å². The minimum Gasteiger partial charge on any atom is -0.456 e. The van der Waals surface area contributed by atoms with Crippen LogP contribution in [-0.2, 0) is 39.2 Å². The van der Waals surface area contributed by atoms with Gasteiger partial charge in [0.05, 0.1) is 23.4 Å².